The maximum atomic E-state index is 13.5. The number of fused-ring (bicyclic) bond motifs is 1. The molecule has 39 heavy (non-hydrogen) atoms. The third-order valence-electron chi connectivity index (χ3n) is 6.58. The van der Waals surface area contributed by atoms with Gasteiger partial charge in [-0.25, -0.2) is 14.6 Å². The smallest absolute Gasteiger partial charge is 0.274 e. The molecular formula is C27H34N8O4. The average Bonchev–Trinajstić information content (AvgIpc) is 3.28. The minimum Gasteiger partial charge on any atom is -0.344 e. The lowest BCUT2D eigenvalue weighted by Crippen LogP contribution is -2.50. The summed E-state index contributed by atoms with van der Waals surface area (Å²) >= 11 is 0. The highest BCUT2D eigenvalue weighted by molar-refractivity contribution is 5.92. The molecule has 0 saturated carbocycles. The molecule has 206 valence electrons. The van der Waals surface area contributed by atoms with Gasteiger partial charge in [-0.3, -0.25) is 19.2 Å². The predicted molar refractivity (Wildman–Crippen MR) is 143 cm³/mol. The normalized spacial score (nSPS) is 19.1. The first kappa shape index (κ1) is 27.7. The molecule has 0 unspecified atom stereocenters. The van der Waals surface area contributed by atoms with Crippen LogP contribution in [0.5, 0.6) is 0 Å². The zero-order valence-corrected chi connectivity index (χ0v) is 22.4. The van der Waals surface area contributed by atoms with Crippen LogP contribution in [0.2, 0.25) is 0 Å². The number of carbonyl (C=O) groups is 3. The minimum absolute atomic E-state index is 0.0274. The van der Waals surface area contributed by atoms with Gasteiger partial charge in [-0.2, -0.15) is 5.10 Å². The Bertz CT molecular complexity index is 1350. The number of benzene rings is 1. The summed E-state index contributed by atoms with van der Waals surface area (Å²) in [5.74, 6) is 0.151. The van der Waals surface area contributed by atoms with Crippen LogP contribution in [-0.2, 0) is 22.6 Å². The van der Waals surface area contributed by atoms with E-state index in [1.54, 1.807) is 16.5 Å². The highest BCUT2D eigenvalue weighted by atomic mass is 16.2. The van der Waals surface area contributed by atoms with Gasteiger partial charge in [-0.1, -0.05) is 44.2 Å². The lowest BCUT2D eigenvalue weighted by molar-refractivity contribution is -0.129. The average molecular weight is 535 g/mol. The number of rotatable bonds is 4. The summed E-state index contributed by atoms with van der Waals surface area (Å²) in [6, 6.07) is 8.26. The van der Waals surface area contributed by atoms with Crippen LogP contribution in [0.15, 0.2) is 47.5 Å². The topological polar surface area (TPSA) is 155 Å². The van der Waals surface area contributed by atoms with Crippen molar-refractivity contribution in [3.05, 3.63) is 76.0 Å². The van der Waals surface area contributed by atoms with Crippen molar-refractivity contribution in [1.29, 1.82) is 0 Å². The molecule has 0 bridgehead atoms. The van der Waals surface area contributed by atoms with E-state index in [-0.39, 0.29) is 48.8 Å². The molecule has 2 aromatic heterocycles. The van der Waals surface area contributed by atoms with E-state index in [1.807, 2.05) is 44.2 Å². The van der Waals surface area contributed by atoms with E-state index in [2.05, 4.69) is 30.7 Å². The quantitative estimate of drug-likeness (QED) is 0.453. The first-order valence-electron chi connectivity index (χ1n) is 13.1. The Balaban J connectivity index is 1.65. The van der Waals surface area contributed by atoms with Crippen LogP contribution in [0.3, 0.4) is 0 Å². The molecule has 3 N–H and O–H groups in total. The molecule has 3 amide bonds. The molecule has 3 heterocycles. The van der Waals surface area contributed by atoms with Crippen LogP contribution < -0.4 is 16.2 Å². The molecule has 1 aliphatic heterocycles. The van der Waals surface area contributed by atoms with E-state index >= 15 is 0 Å². The fourth-order valence-electron chi connectivity index (χ4n) is 4.56. The summed E-state index contributed by atoms with van der Waals surface area (Å²) in [6.45, 7) is 6.60. The standard InChI is InChI=1S/C27H34N8O4/c1-17(2)24-25-30-18(3)33-35(25)13-12-34(27(39)21-15-29-23(37)16-28-21)11-7-10-22(36)31-20(26(38)32-24)14-19-8-5-4-6-9-19/h4-6,8-9,15-17,20,24H,7,10-14H2,1-3H3,(H,29,37)(H,31,36)(H,32,38)/t20-,24+/m0/s1. The van der Waals surface area contributed by atoms with Crippen molar-refractivity contribution in [2.75, 3.05) is 13.1 Å². The summed E-state index contributed by atoms with van der Waals surface area (Å²) in [6.07, 6.45) is 3.18. The Morgan fingerprint density at radius 3 is 2.54 bits per heavy atom. The predicted octanol–water partition coefficient (Wildman–Crippen LogP) is 1.15. The van der Waals surface area contributed by atoms with Gasteiger partial charge >= 0.3 is 0 Å². The van der Waals surface area contributed by atoms with Crippen LogP contribution >= 0.6 is 0 Å². The molecule has 3 aromatic rings. The Kier molecular flexibility index (Phi) is 8.84. The van der Waals surface area contributed by atoms with Crippen LogP contribution in [-0.4, -0.2) is 66.5 Å². The van der Waals surface area contributed by atoms with Crippen LogP contribution in [0.25, 0.3) is 0 Å². The van der Waals surface area contributed by atoms with Crippen molar-refractivity contribution in [2.24, 2.45) is 5.92 Å². The second kappa shape index (κ2) is 12.5. The van der Waals surface area contributed by atoms with E-state index in [0.717, 1.165) is 11.8 Å². The molecule has 0 fully saturated rings. The van der Waals surface area contributed by atoms with Gasteiger partial charge in [0.05, 0.1) is 18.8 Å². The number of carbonyl (C=O) groups excluding carboxylic acids is 3. The molecule has 0 radical (unpaired) electrons. The van der Waals surface area contributed by atoms with Gasteiger partial charge in [-0.05, 0) is 24.8 Å². The number of H-pyrrole nitrogens is 1. The third-order valence-corrected chi connectivity index (χ3v) is 6.58. The molecule has 12 heteroatoms. The van der Waals surface area contributed by atoms with Gasteiger partial charge in [0.2, 0.25) is 11.8 Å². The Morgan fingerprint density at radius 1 is 1.08 bits per heavy atom. The second-order valence-electron chi connectivity index (χ2n) is 9.97. The lowest BCUT2D eigenvalue weighted by Gasteiger charge is -2.28. The van der Waals surface area contributed by atoms with Crippen LogP contribution in [0, 0.1) is 12.8 Å². The number of aromatic amines is 1. The minimum atomic E-state index is -0.787. The molecule has 1 aliphatic rings. The summed E-state index contributed by atoms with van der Waals surface area (Å²) < 4.78 is 1.72. The SMILES string of the molecule is Cc1nc2n(n1)CCN(C(=O)c1c[nH]c(=O)cn1)CCCC(=O)N[C@@H](Cc1ccccc1)C(=O)N[C@@H]2C(C)C. The van der Waals surface area contributed by atoms with E-state index in [0.29, 0.717) is 31.0 Å². The number of amides is 3. The summed E-state index contributed by atoms with van der Waals surface area (Å²) in [5.41, 5.74) is 0.619. The van der Waals surface area contributed by atoms with Crippen LogP contribution in [0.1, 0.15) is 60.4 Å². The largest absolute Gasteiger partial charge is 0.344 e. The van der Waals surface area contributed by atoms with Gasteiger partial charge in [0.1, 0.15) is 23.4 Å². The second-order valence-corrected chi connectivity index (χ2v) is 9.97. The summed E-state index contributed by atoms with van der Waals surface area (Å²) in [5, 5.41) is 10.5. The zero-order chi connectivity index (χ0) is 27.9. The Labute approximate surface area is 226 Å². The maximum Gasteiger partial charge on any atom is 0.274 e. The molecule has 1 aromatic carbocycles. The van der Waals surface area contributed by atoms with Crippen molar-refractivity contribution in [3.8, 4) is 0 Å². The number of nitrogens with zero attached hydrogens (tertiary/aromatic N) is 5. The summed E-state index contributed by atoms with van der Waals surface area (Å²) in [7, 11) is 0. The number of aromatic nitrogens is 5. The molecular weight excluding hydrogens is 500 g/mol. The van der Waals surface area contributed by atoms with E-state index in [4.69, 9.17) is 0 Å². The van der Waals surface area contributed by atoms with Gasteiger partial charge in [0, 0.05) is 32.1 Å². The third kappa shape index (κ3) is 7.15. The molecule has 12 nitrogen and oxygen atoms in total. The van der Waals surface area contributed by atoms with Crippen molar-refractivity contribution >= 4 is 17.7 Å². The number of nitrogens with one attached hydrogen (secondary N) is 3. The number of hydrogen-bond donors (Lipinski definition) is 3. The lowest BCUT2D eigenvalue weighted by atomic mass is 10.0. The Hall–Kier alpha value is -4.35. The first-order valence-corrected chi connectivity index (χ1v) is 13.1. The maximum absolute atomic E-state index is 13.5. The van der Waals surface area contributed by atoms with Gasteiger partial charge in [0.15, 0.2) is 0 Å². The van der Waals surface area contributed by atoms with Crippen molar-refractivity contribution in [3.63, 3.8) is 0 Å². The highest BCUT2D eigenvalue weighted by Crippen LogP contribution is 2.21. The highest BCUT2D eigenvalue weighted by Gasteiger charge is 2.30. The first-order chi connectivity index (χ1) is 18.7. The van der Waals surface area contributed by atoms with Gasteiger partial charge in [0.25, 0.3) is 11.5 Å². The summed E-state index contributed by atoms with van der Waals surface area (Å²) in [4.78, 5) is 63.8. The monoisotopic (exact) mass is 534 g/mol. The van der Waals surface area contributed by atoms with E-state index in [1.165, 1.54) is 6.20 Å². The molecule has 0 spiro atoms. The molecule has 4 rings (SSSR count). The fraction of sp³-hybridized carbons (Fsp3) is 0.444. The van der Waals surface area contributed by atoms with E-state index < -0.39 is 17.6 Å². The molecule has 2 atom stereocenters. The van der Waals surface area contributed by atoms with Gasteiger partial charge in [-0.15, -0.1) is 0 Å². The molecule has 0 aliphatic carbocycles. The number of hydrogen-bond acceptors (Lipinski definition) is 7. The van der Waals surface area contributed by atoms with Crippen molar-refractivity contribution in [2.45, 2.75) is 58.7 Å². The Morgan fingerprint density at radius 2 is 1.85 bits per heavy atom. The fourth-order valence-corrected chi connectivity index (χ4v) is 4.56. The molecule has 0 saturated heterocycles. The van der Waals surface area contributed by atoms with Crippen molar-refractivity contribution in [1.82, 2.24) is 40.3 Å². The van der Waals surface area contributed by atoms with E-state index in [9.17, 15) is 19.2 Å². The van der Waals surface area contributed by atoms with Crippen molar-refractivity contribution < 1.29 is 14.4 Å². The van der Waals surface area contributed by atoms with Gasteiger partial charge < -0.3 is 20.5 Å². The van der Waals surface area contributed by atoms with Crippen LogP contribution in [0.4, 0.5) is 0 Å². The number of aryl methyl sites for hydroxylation is 1. The zero-order valence-electron chi connectivity index (χ0n) is 22.4.